The summed E-state index contributed by atoms with van der Waals surface area (Å²) in [5.74, 6) is 3.18. The van der Waals surface area contributed by atoms with E-state index in [4.69, 9.17) is 0 Å². The maximum absolute atomic E-state index is 12.2. The van der Waals surface area contributed by atoms with Gasteiger partial charge in [-0.05, 0) is 75.7 Å². The third kappa shape index (κ3) is 6.13. The van der Waals surface area contributed by atoms with Gasteiger partial charge in [-0.2, -0.15) is 5.10 Å². The zero-order valence-corrected chi connectivity index (χ0v) is 18.3. The maximum atomic E-state index is 12.2. The van der Waals surface area contributed by atoms with Gasteiger partial charge in [0, 0.05) is 18.7 Å². The van der Waals surface area contributed by atoms with Gasteiger partial charge in [-0.25, -0.2) is 9.67 Å². The summed E-state index contributed by atoms with van der Waals surface area (Å²) in [5, 5.41) is 7.28. The van der Waals surface area contributed by atoms with Crippen molar-refractivity contribution in [3.63, 3.8) is 0 Å². The fraction of sp³-hybridized carbons (Fsp3) is 0.609. The maximum Gasteiger partial charge on any atom is 0.226 e. The lowest BCUT2D eigenvalue weighted by atomic mass is 9.83. The Hall–Kier alpha value is -2.21. The Morgan fingerprint density at radius 3 is 2.62 bits per heavy atom. The van der Waals surface area contributed by atoms with Crippen molar-refractivity contribution in [2.75, 3.05) is 25.0 Å². The minimum atomic E-state index is 0.00168. The van der Waals surface area contributed by atoms with Crippen molar-refractivity contribution in [2.24, 2.45) is 11.8 Å². The molecule has 2 aromatic rings. The number of piperidine rings is 1. The van der Waals surface area contributed by atoms with E-state index in [0.29, 0.717) is 13.0 Å². The minimum Gasteiger partial charge on any atom is -0.326 e. The molecule has 1 aliphatic heterocycles. The molecule has 1 amide bonds. The molecule has 2 atom stereocenters. The zero-order chi connectivity index (χ0) is 20.8. The summed E-state index contributed by atoms with van der Waals surface area (Å²) in [5.41, 5.74) is 2.21. The number of benzene rings is 1. The van der Waals surface area contributed by atoms with Crippen LogP contribution in [0.2, 0.25) is 0 Å². The Labute approximate surface area is 174 Å². The van der Waals surface area contributed by atoms with Crippen molar-refractivity contribution in [3.05, 3.63) is 41.5 Å². The number of carbonyl (C=O) groups excluding carboxylic acids is 1. The summed E-state index contributed by atoms with van der Waals surface area (Å²) >= 11 is 0. The fourth-order valence-corrected chi connectivity index (χ4v) is 4.31. The molecule has 3 rings (SSSR count). The van der Waals surface area contributed by atoms with E-state index >= 15 is 0 Å². The first-order chi connectivity index (χ1) is 13.9. The Morgan fingerprint density at radius 2 is 2.00 bits per heavy atom. The third-order valence-corrected chi connectivity index (χ3v) is 6.17. The topological polar surface area (TPSA) is 63.1 Å². The molecule has 158 valence electrons. The highest BCUT2D eigenvalue weighted by atomic mass is 16.1. The molecule has 6 nitrogen and oxygen atoms in total. The molecule has 1 aromatic carbocycles. The molecule has 6 heteroatoms. The smallest absolute Gasteiger partial charge is 0.226 e. The molecule has 0 saturated carbocycles. The quantitative estimate of drug-likeness (QED) is 0.735. The molecule has 1 fully saturated rings. The third-order valence-electron chi connectivity index (χ3n) is 6.17. The van der Waals surface area contributed by atoms with Crippen molar-refractivity contribution in [3.8, 4) is 0 Å². The Bertz CT molecular complexity index is 798. The van der Waals surface area contributed by atoms with Crippen molar-refractivity contribution >= 4 is 11.6 Å². The van der Waals surface area contributed by atoms with Crippen LogP contribution in [0.3, 0.4) is 0 Å². The van der Waals surface area contributed by atoms with E-state index in [0.717, 1.165) is 35.6 Å². The van der Waals surface area contributed by atoms with E-state index in [1.54, 1.807) is 4.68 Å². The van der Waals surface area contributed by atoms with Crippen LogP contribution in [0, 0.1) is 25.7 Å². The van der Waals surface area contributed by atoms with Crippen LogP contribution in [0.5, 0.6) is 0 Å². The Morgan fingerprint density at radius 1 is 1.24 bits per heavy atom. The van der Waals surface area contributed by atoms with Crippen molar-refractivity contribution in [1.29, 1.82) is 0 Å². The summed E-state index contributed by atoms with van der Waals surface area (Å²) in [4.78, 5) is 19.1. The highest BCUT2D eigenvalue weighted by Crippen LogP contribution is 2.27. The highest BCUT2D eigenvalue weighted by Gasteiger charge is 2.24. The number of amides is 1. The van der Waals surface area contributed by atoms with Crippen LogP contribution in [-0.4, -0.2) is 45.2 Å². The van der Waals surface area contributed by atoms with Crippen LogP contribution in [0.25, 0.3) is 0 Å². The van der Waals surface area contributed by atoms with Crippen LogP contribution in [0.15, 0.2) is 24.3 Å². The van der Waals surface area contributed by atoms with Crippen molar-refractivity contribution in [2.45, 2.75) is 59.9 Å². The molecule has 1 aromatic heterocycles. The normalized spacial score (nSPS) is 20.0. The highest BCUT2D eigenvalue weighted by molar-refractivity contribution is 5.90. The lowest BCUT2D eigenvalue weighted by molar-refractivity contribution is -0.116. The van der Waals surface area contributed by atoms with Gasteiger partial charge >= 0.3 is 0 Å². The number of nitrogens with zero attached hydrogens (tertiary/aromatic N) is 4. The molecule has 0 bridgehead atoms. The van der Waals surface area contributed by atoms with Crippen LogP contribution in [0.1, 0.15) is 50.3 Å². The number of aromatic nitrogens is 3. The van der Waals surface area contributed by atoms with Crippen molar-refractivity contribution in [1.82, 2.24) is 19.7 Å². The molecular formula is C23H35N5O. The Balaban J connectivity index is 1.42. The number of rotatable bonds is 8. The van der Waals surface area contributed by atoms with E-state index < -0.39 is 0 Å². The zero-order valence-electron chi connectivity index (χ0n) is 18.3. The second kappa shape index (κ2) is 10.0. The van der Waals surface area contributed by atoms with E-state index in [2.05, 4.69) is 46.3 Å². The first-order valence-electron chi connectivity index (χ1n) is 10.9. The van der Waals surface area contributed by atoms with E-state index in [9.17, 15) is 4.79 Å². The summed E-state index contributed by atoms with van der Waals surface area (Å²) in [7, 11) is 0. The summed E-state index contributed by atoms with van der Waals surface area (Å²) in [6, 6.07) is 8.32. The summed E-state index contributed by atoms with van der Waals surface area (Å²) in [6.07, 6.45) is 4.06. The van der Waals surface area contributed by atoms with E-state index in [-0.39, 0.29) is 5.91 Å². The predicted molar refractivity (Wildman–Crippen MR) is 117 cm³/mol. The minimum absolute atomic E-state index is 0.00168. The molecule has 1 N–H and O–H groups in total. The van der Waals surface area contributed by atoms with Gasteiger partial charge < -0.3 is 10.2 Å². The first kappa shape index (κ1) is 21.5. The van der Waals surface area contributed by atoms with Gasteiger partial charge in [-0.1, -0.05) is 26.0 Å². The lowest BCUT2D eigenvalue weighted by Crippen LogP contribution is -2.39. The number of carbonyl (C=O) groups is 1. The van der Waals surface area contributed by atoms with Gasteiger partial charge in [0.1, 0.15) is 11.6 Å². The van der Waals surface area contributed by atoms with Gasteiger partial charge in [0.25, 0.3) is 0 Å². The molecule has 0 radical (unpaired) electrons. The van der Waals surface area contributed by atoms with E-state index in [1.165, 1.54) is 38.0 Å². The molecule has 2 heterocycles. The van der Waals surface area contributed by atoms with Gasteiger partial charge in [0.05, 0.1) is 6.54 Å². The average molecular weight is 398 g/mol. The standard InChI is InChI=1S/C23H35N5O/c1-5-27-14-12-21(17(2)16-27)9-6-20-7-10-22(11-8-20)25-23(29)13-15-28-19(4)24-18(3)26-28/h7-8,10-11,17,21H,5-6,9,12-16H2,1-4H3,(H,25,29)/t17-,21+/m1/s1. The second-order valence-electron chi connectivity index (χ2n) is 8.38. The molecule has 0 aliphatic carbocycles. The van der Waals surface area contributed by atoms with Gasteiger partial charge in [0.2, 0.25) is 5.91 Å². The van der Waals surface area contributed by atoms with Crippen LogP contribution >= 0.6 is 0 Å². The molecule has 1 aliphatic rings. The molecule has 29 heavy (non-hydrogen) atoms. The largest absolute Gasteiger partial charge is 0.326 e. The van der Waals surface area contributed by atoms with Crippen LogP contribution in [-0.2, 0) is 17.8 Å². The SMILES string of the molecule is CCN1CC[C@H](CCc2ccc(NC(=O)CCn3nc(C)nc3C)cc2)[C@H](C)C1. The predicted octanol–water partition coefficient (Wildman–Crippen LogP) is 3.83. The van der Waals surface area contributed by atoms with Crippen LogP contribution in [0.4, 0.5) is 5.69 Å². The fourth-order valence-electron chi connectivity index (χ4n) is 4.31. The van der Waals surface area contributed by atoms with Gasteiger partial charge in [0.15, 0.2) is 0 Å². The Kier molecular flexibility index (Phi) is 7.42. The monoisotopic (exact) mass is 397 g/mol. The number of likely N-dealkylation sites (tertiary alicyclic amines) is 1. The molecule has 0 spiro atoms. The number of hydrogen-bond donors (Lipinski definition) is 1. The number of hydrogen-bond acceptors (Lipinski definition) is 4. The number of aryl methyl sites for hydroxylation is 4. The number of anilines is 1. The summed E-state index contributed by atoms with van der Waals surface area (Å²) < 4.78 is 1.78. The van der Waals surface area contributed by atoms with Crippen molar-refractivity contribution < 1.29 is 4.79 Å². The van der Waals surface area contributed by atoms with Crippen LogP contribution < -0.4 is 5.32 Å². The summed E-state index contributed by atoms with van der Waals surface area (Å²) in [6.45, 7) is 12.6. The van der Waals surface area contributed by atoms with Gasteiger partial charge in [-0.3, -0.25) is 4.79 Å². The van der Waals surface area contributed by atoms with Gasteiger partial charge in [-0.15, -0.1) is 0 Å². The second-order valence-corrected chi connectivity index (χ2v) is 8.38. The average Bonchev–Trinajstić information content (AvgIpc) is 3.03. The first-order valence-corrected chi connectivity index (χ1v) is 10.9. The molecule has 0 unspecified atom stereocenters. The van der Waals surface area contributed by atoms with E-state index in [1.807, 2.05) is 26.0 Å². The number of nitrogens with one attached hydrogen (secondary N) is 1. The molecular weight excluding hydrogens is 362 g/mol. The lowest BCUT2D eigenvalue weighted by Gasteiger charge is -2.36. The molecule has 1 saturated heterocycles.